The Morgan fingerprint density at radius 1 is 1.15 bits per heavy atom. The summed E-state index contributed by atoms with van der Waals surface area (Å²) in [5.74, 6) is -2.01. The number of halogens is 1. The summed E-state index contributed by atoms with van der Waals surface area (Å²) in [6.07, 6.45) is 0.366. The number of sulfone groups is 1. The van der Waals surface area contributed by atoms with Gasteiger partial charge in [-0.05, 0) is 24.0 Å². The third-order valence-electron chi connectivity index (χ3n) is 3.80. The van der Waals surface area contributed by atoms with Gasteiger partial charge >= 0.3 is 5.97 Å². The summed E-state index contributed by atoms with van der Waals surface area (Å²) in [6.45, 7) is -0.554. The Labute approximate surface area is 156 Å². The van der Waals surface area contributed by atoms with E-state index in [0.29, 0.717) is 17.0 Å². The quantitative estimate of drug-likeness (QED) is 0.525. The predicted octanol–water partition coefficient (Wildman–Crippen LogP) is 0.398. The molecule has 0 radical (unpaired) electrons. The van der Waals surface area contributed by atoms with Crippen LogP contribution in [0.2, 0.25) is 5.02 Å². The molecule has 0 spiro atoms. The lowest BCUT2D eigenvalue weighted by Gasteiger charge is -2.10. The first kappa shape index (κ1) is 20.2. The van der Waals surface area contributed by atoms with Crippen LogP contribution in [0.4, 0.5) is 0 Å². The average molecular weight is 403 g/mol. The van der Waals surface area contributed by atoms with Gasteiger partial charge in [-0.1, -0.05) is 29.8 Å². The zero-order valence-electron chi connectivity index (χ0n) is 13.9. The van der Waals surface area contributed by atoms with Crippen LogP contribution < -0.4 is 10.9 Å². The highest BCUT2D eigenvalue weighted by molar-refractivity contribution is 7.91. The number of nitrogens with one attached hydrogen (secondary N) is 2. The molecule has 1 saturated heterocycles. The summed E-state index contributed by atoms with van der Waals surface area (Å²) >= 11 is 5.93. The molecule has 1 aliphatic rings. The highest BCUT2D eigenvalue weighted by Crippen LogP contribution is 2.21. The first-order chi connectivity index (χ1) is 12.2. The smallest absolute Gasteiger partial charge is 0.310 e. The molecule has 26 heavy (non-hydrogen) atoms. The molecule has 8 nitrogen and oxygen atoms in total. The highest BCUT2D eigenvalue weighted by Gasteiger charge is 2.29. The fourth-order valence-corrected chi connectivity index (χ4v) is 4.58. The van der Waals surface area contributed by atoms with Crippen molar-refractivity contribution in [2.24, 2.45) is 5.92 Å². The number of carbonyl (C=O) groups excluding carboxylic acids is 3. The van der Waals surface area contributed by atoms with Crippen LogP contribution >= 0.6 is 11.6 Å². The van der Waals surface area contributed by atoms with Crippen molar-refractivity contribution in [3.05, 3.63) is 34.9 Å². The Hall–Kier alpha value is -2.13. The van der Waals surface area contributed by atoms with Gasteiger partial charge < -0.3 is 4.74 Å². The molecule has 1 aromatic rings. The first-order valence-corrected chi connectivity index (χ1v) is 10.1. The van der Waals surface area contributed by atoms with Gasteiger partial charge in [-0.25, -0.2) is 8.42 Å². The lowest BCUT2D eigenvalue weighted by molar-refractivity contribution is -0.148. The third kappa shape index (κ3) is 6.64. The third-order valence-corrected chi connectivity index (χ3v) is 6.00. The highest BCUT2D eigenvalue weighted by atomic mass is 35.5. The molecule has 10 heteroatoms. The second-order valence-electron chi connectivity index (χ2n) is 6.00. The maximum absolute atomic E-state index is 11.7. The lowest BCUT2D eigenvalue weighted by atomic mass is 10.1. The maximum Gasteiger partial charge on any atom is 0.310 e. The Morgan fingerprint density at radius 3 is 2.50 bits per heavy atom. The Kier molecular flexibility index (Phi) is 6.98. The number of amides is 2. The molecular weight excluding hydrogens is 384 g/mol. The van der Waals surface area contributed by atoms with Gasteiger partial charge in [0, 0.05) is 11.4 Å². The van der Waals surface area contributed by atoms with Crippen LogP contribution in [-0.4, -0.2) is 44.3 Å². The van der Waals surface area contributed by atoms with E-state index in [2.05, 4.69) is 10.9 Å². The molecule has 0 bridgehead atoms. The summed E-state index contributed by atoms with van der Waals surface area (Å²) in [5, 5.41) is 0.426. The summed E-state index contributed by atoms with van der Waals surface area (Å²) in [6, 6.07) is 6.77. The van der Waals surface area contributed by atoms with Gasteiger partial charge in [0.1, 0.15) is 0 Å². The van der Waals surface area contributed by atoms with E-state index in [9.17, 15) is 22.8 Å². The van der Waals surface area contributed by atoms with Crippen LogP contribution in [0.3, 0.4) is 0 Å². The van der Waals surface area contributed by atoms with Crippen molar-refractivity contribution in [1.82, 2.24) is 10.9 Å². The molecule has 1 heterocycles. The minimum atomic E-state index is -3.05. The van der Waals surface area contributed by atoms with Crippen LogP contribution in [0.15, 0.2) is 24.3 Å². The van der Waals surface area contributed by atoms with E-state index in [4.69, 9.17) is 16.3 Å². The van der Waals surface area contributed by atoms with Crippen molar-refractivity contribution in [1.29, 1.82) is 0 Å². The minimum absolute atomic E-state index is 0.00576. The van der Waals surface area contributed by atoms with E-state index >= 15 is 0 Å². The minimum Gasteiger partial charge on any atom is -0.455 e. The number of hydrogen-bond acceptors (Lipinski definition) is 6. The summed E-state index contributed by atoms with van der Waals surface area (Å²) in [4.78, 5) is 35.0. The number of benzene rings is 1. The van der Waals surface area contributed by atoms with E-state index < -0.39 is 34.2 Å². The molecule has 2 N–H and O–H groups in total. The van der Waals surface area contributed by atoms with Crippen molar-refractivity contribution in [2.45, 2.75) is 19.3 Å². The van der Waals surface area contributed by atoms with Gasteiger partial charge in [-0.15, -0.1) is 0 Å². The maximum atomic E-state index is 11.7. The van der Waals surface area contributed by atoms with Crippen LogP contribution in [0, 0.1) is 5.92 Å². The number of hydrazine groups is 1. The van der Waals surface area contributed by atoms with Crippen LogP contribution in [0.25, 0.3) is 0 Å². The van der Waals surface area contributed by atoms with Gasteiger partial charge in [0.05, 0.1) is 17.9 Å². The topological polar surface area (TPSA) is 119 Å². The number of rotatable bonds is 6. The van der Waals surface area contributed by atoms with Crippen LogP contribution in [0.1, 0.15) is 18.4 Å². The van der Waals surface area contributed by atoms with E-state index in [0.717, 1.165) is 0 Å². The van der Waals surface area contributed by atoms with Crippen LogP contribution in [-0.2, 0) is 35.4 Å². The van der Waals surface area contributed by atoms with Crippen molar-refractivity contribution in [3.8, 4) is 0 Å². The molecule has 0 aliphatic carbocycles. The molecule has 2 rings (SSSR count). The van der Waals surface area contributed by atoms with Gasteiger partial charge in [0.15, 0.2) is 16.4 Å². The zero-order valence-corrected chi connectivity index (χ0v) is 15.4. The molecular formula is C16H19ClN2O6S. The summed E-state index contributed by atoms with van der Waals surface area (Å²) in [5.41, 5.74) is 4.87. The molecule has 0 aromatic heterocycles. The number of carbonyl (C=O) groups is 3. The molecule has 0 unspecified atom stereocenters. The monoisotopic (exact) mass is 402 g/mol. The van der Waals surface area contributed by atoms with E-state index in [1.54, 1.807) is 24.3 Å². The fraction of sp³-hybridized carbons (Fsp3) is 0.438. The Balaban J connectivity index is 1.65. The number of esters is 1. The molecule has 0 saturated carbocycles. The Bertz CT molecular complexity index is 796. The van der Waals surface area contributed by atoms with Gasteiger partial charge in [-0.3, -0.25) is 25.2 Å². The summed E-state index contributed by atoms with van der Waals surface area (Å²) in [7, 11) is -3.05. The normalized spacial score (nSPS) is 18.1. The molecule has 1 fully saturated rings. The second kappa shape index (κ2) is 9.00. The molecule has 1 aromatic carbocycles. The second-order valence-corrected chi connectivity index (χ2v) is 8.63. The number of hydrogen-bond donors (Lipinski definition) is 2. The SMILES string of the molecule is O=C(COC(=O)Cc1ccccc1Cl)NNC(=O)C[C@H]1CCS(=O)(=O)C1. The summed E-state index contributed by atoms with van der Waals surface area (Å²) < 4.78 is 27.5. The van der Waals surface area contributed by atoms with Gasteiger partial charge in [-0.2, -0.15) is 0 Å². The van der Waals surface area contributed by atoms with Crippen molar-refractivity contribution in [2.75, 3.05) is 18.1 Å². The molecule has 1 atom stereocenters. The van der Waals surface area contributed by atoms with Crippen molar-refractivity contribution in [3.63, 3.8) is 0 Å². The largest absolute Gasteiger partial charge is 0.455 e. The molecule has 1 aliphatic heterocycles. The average Bonchev–Trinajstić information content (AvgIpc) is 2.91. The number of ether oxygens (including phenoxy) is 1. The van der Waals surface area contributed by atoms with Crippen molar-refractivity contribution >= 4 is 39.2 Å². The lowest BCUT2D eigenvalue weighted by Crippen LogP contribution is -2.44. The van der Waals surface area contributed by atoms with E-state index in [-0.39, 0.29) is 30.3 Å². The predicted molar refractivity (Wildman–Crippen MR) is 93.8 cm³/mol. The van der Waals surface area contributed by atoms with Gasteiger partial charge in [0.25, 0.3) is 5.91 Å². The zero-order chi connectivity index (χ0) is 19.2. The standard InChI is InChI=1S/C16H19ClN2O6S/c17-13-4-2-1-3-12(13)8-16(22)25-9-15(21)19-18-14(20)7-11-5-6-26(23,24)10-11/h1-4,11H,5-10H2,(H,18,20)(H,19,21)/t11-/m1/s1. The molecule has 142 valence electrons. The first-order valence-electron chi connectivity index (χ1n) is 7.92. The Morgan fingerprint density at radius 2 is 1.85 bits per heavy atom. The van der Waals surface area contributed by atoms with Crippen molar-refractivity contribution < 1.29 is 27.5 Å². The van der Waals surface area contributed by atoms with E-state index in [1.807, 2.05) is 0 Å². The van der Waals surface area contributed by atoms with Gasteiger partial charge in [0.2, 0.25) is 5.91 Å². The molecule has 2 amide bonds. The van der Waals surface area contributed by atoms with Crippen LogP contribution in [0.5, 0.6) is 0 Å². The fourth-order valence-electron chi connectivity index (χ4n) is 2.52. The van der Waals surface area contributed by atoms with E-state index in [1.165, 1.54) is 0 Å².